The van der Waals surface area contributed by atoms with Crippen LogP contribution in [-0.4, -0.2) is 36.6 Å². The van der Waals surface area contributed by atoms with E-state index in [9.17, 15) is 27.5 Å². The second-order valence-corrected chi connectivity index (χ2v) is 9.04. The molecule has 0 radical (unpaired) electrons. The van der Waals surface area contributed by atoms with Crippen molar-refractivity contribution in [2.75, 3.05) is 0 Å². The Morgan fingerprint density at radius 3 is 2.41 bits per heavy atom. The van der Waals surface area contributed by atoms with Gasteiger partial charge in [0, 0.05) is 12.0 Å². The van der Waals surface area contributed by atoms with E-state index in [4.69, 9.17) is 15.1 Å². The summed E-state index contributed by atoms with van der Waals surface area (Å²) in [5, 5.41) is 27.9. The zero-order valence-electron chi connectivity index (χ0n) is 17.6. The Kier molecular flexibility index (Phi) is 7.45. The summed E-state index contributed by atoms with van der Waals surface area (Å²) in [7, 11) is -4.23. The average Bonchev–Trinajstić information content (AvgIpc) is 2.80. The van der Waals surface area contributed by atoms with Gasteiger partial charge in [-0.2, -0.15) is 9.98 Å². The van der Waals surface area contributed by atoms with Crippen LogP contribution in [0.15, 0.2) is 59.5 Å². The molecule has 9 nitrogen and oxygen atoms in total. The van der Waals surface area contributed by atoms with Gasteiger partial charge in [-0.25, -0.2) is 12.8 Å². The number of nitriles is 1. The van der Waals surface area contributed by atoms with Crippen LogP contribution in [0.25, 0.3) is 10.8 Å². The van der Waals surface area contributed by atoms with E-state index < -0.39 is 46.7 Å². The summed E-state index contributed by atoms with van der Waals surface area (Å²) in [4.78, 5) is 21.8. The third-order valence-corrected chi connectivity index (χ3v) is 6.38. The van der Waals surface area contributed by atoms with Crippen molar-refractivity contribution in [2.45, 2.75) is 30.4 Å². The topological polar surface area (TPSA) is 154 Å². The largest absolute Gasteiger partial charge is 0.489 e. The first kappa shape index (κ1) is 24.6. The molecule has 176 valence electrons. The van der Waals surface area contributed by atoms with Gasteiger partial charge in [-0.15, -0.1) is 0 Å². The Morgan fingerprint density at radius 2 is 1.76 bits per heavy atom. The predicted octanol–water partition coefficient (Wildman–Crippen LogP) is 3.03. The highest BCUT2D eigenvalue weighted by molar-refractivity contribution is 7.89. The van der Waals surface area contributed by atoms with Gasteiger partial charge in [0.05, 0.1) is 16.5 Å². The van der Waals surface area contributed by atoms with Crippen molar-refractivity contribution in [3.63, 3.8) is 0 Å². The molecule has 3 aromatic rings. The third-order valence-electron chi connectivity index (χ3n) is 4.91. The fourth-order valence-electron chi connectivity index (χ4n) is 3.11. The lowest BCUT2D eigenvalue weighted by Crippen LogP contribution is -2.41. The first-order valence-corrected chi connectivity index (χ1v) is 11.4. The molecule has 0 aliphatic heterocycles. The predicted molar refractivity (Wildman–Crippen MR) is 118 cm³/mol. The maximum absolute atomic E-state index is 14.0. The molecule has 0 unspecified atom stereocenters. The first-order valence-electron chi connectivity index (χ1n) is 9.91. The molecule has 0 saturated carbocycles. The number of nitrogens with zero attached hydrogens (tertiary/aromatic N) is 1. The highest BCUT2D eigenvalue weighted by Gasteiger charge is 2.26. The Labute approximate surface area is 194 Å². The van der Waals surface area contributed by atoms with Gasteiger partial charge in [0.2, 0.25) is 10.0 Å². The molecule has 0 aliphatic carbocycles. The van der Waals surface area contributed by atoms with Crippen molar-refractivity contribution in [2.24, 2.45) is 0 Å². The smallest absolute Gasteiger partial charge is 0.321 e. The fourth-order valence-corrected chi connectivity index (χ4v) is 4.37. The summed E-state index contributed by atoms with van der Waals surface area (Å²) in [6, 6.07) is 13.2. The second-order valence-electron chi connectivity index (χ2n) is 7.32. The Hall–Kier alpha value is -4.01. The van der Waals surface area contributed by atoms with Crippen LogP contribution in [0.5, 0.6) is 5.75 Å². The molecule has 0 bridgehead atoms. The van der Waals surface area contributed by atoms with Crippen molar-refractivity contribution in [3.8, 4) is 11.8 Å². The van der Waals surface area contributed by atoms with E-state index in [1.54, 1.807) is 18.2 Å². The number of carboxylic acids is 2. The number of rotatable bonds is 10. The fraction of sp³-hybridized carbons (Fsp3) is 0.174. The molecule has 3 N–H and O–H groups in total. The van der Waals surface area contributed by atoms with Crippen LogP contribution in [0.4, 0.5) is 4.39 Å². The van der Waals surface area contributed by atoms with Gasteiger partial charge in [-0.3, -0.25) is 9.59 Å². The molecular formula is C23H19FN2O7S. The van der Waals surface area contributed by atoms with E-state index in [1.807, 2.05) is 10.8 Å². The molecule has 0 fully saturated rings. The molecule has 1 atom stereocenters. The number of aliphatic carboxylic acids is 2. The number of sulfonamides is 1. The van der Waals surface area contributed by atoms with Gasteiger partial charge >= 0.3 is 11.9 Å². The quantitative estimate of drug-likeness (QED) is 0.395. The summed E-state index contributed by atoms with van der Waals surface area (Å²) >= 11 is 0. The molecule has 3 aromatic carbocycles. The number of halogens is 1. The average molecular weight is 486 g/mol. The number of carbonyl (C=O) groups is 2. The lowest BCUT2D eigenvalue weighted by molar-refractivity contribution is -0.140. The first-order chi connectivity index (χ1) is 16.1. The van der Waals surface area contributed by atoms with Crippen LogP contribution in [0, 0.1) is 17.1 Å². The number of nitrogens with one attached hydrogen (secondary N) is 1. The second kappa shape index (κ2) is 10.3. The number of ether oxygens (including phenoxy) is 1. The van der Waals surface area contributed by atoms with Crippen molar-refractivity contribution >= 4 is 32.7 Å². The minimum Gasteiger partial charge on any atom is -0.489 e. The molecule has 34 heavy (non-hydrogen) atoms. The van der Waals surface area contributed by atoms with Crippen LogP contribution in [0.1, 0.15) is 24.0 Å². The van der Waals surface area contributed by atoms with E-state index in [2.05, 4.69) is 0 Å². The highest BCUT2D eigenvalue weighted by Crippen LogP contribution is 2.25. The van der Waals surface area contributed by atoms with Crippen LogP contribution in [0.3, 0.4) is 0 Å². The van der Waals surface area contributed by atoms with Crippen molar-refractivity contribution in [1.82, 2.24) is 4.72 Å². The van der Waals surface area contributed by atoms with Crippen LogP contribution >= 0.6 is 0 Å². The van der Waals surface area contributed by atoms with Crippen molar-refractivity contribution in [3.05, 3.63) is 71.5 Å². The minimum absolute atomic E-state index is 0.0770. The van der Waals surface area contributed by atoms with Gasteiger partial charge in [0.25, 0.3) is 0 Å². The maximum Gasteiger partial charge on any atom is 0.321 e. The van der Waals surface area contributed by atoms with Crippen LogP contribution < -0.4 is 9.46 Å². The summed E-state index contributed by atoms with van der Waals surface area (Å²) in [6.45, 7) is -0.0770. The van der Waals surface area contributed by atoms with Crippen molar-refractivity contribution < 1.29 is 37.3 Å². The van der Waals surface area contributed by atoms with Crippen molar-refractivity contribution in [1.29, 1.82) is 5.26 Å². The third kappa shape index (κ3) is 6.06. The number of hydrogen-bond donors (Lipinski definition) is 3. The minimum atomic E-state index is -4.23. The summed E-state index contributed by atoms with van der Waals surface area (Å²) in [5.41, 5.74) is 0.464. The zero-order valence-corrected chi connectivity index (χ0v) is 18.4. The van der Waals surface area contributed by atoms with E-state index in [0.29, 0.717) is 16.5 Å². The van der Waals surface area contributed by atoms with Crippen LogP contribution in [-0.2, 0) is 26.2 Å². The molecule has 3 rings (SSSR count). The highest BCUT2D eigenvalue weighted by atomic mass is 32.2. The molecule has 11 heteroatoms. The molecule has 0 aliphatic rings. The number of carboxylic acid groups (broad SMARTS) is 2. The summed E-state index contributed by atoms with van der Waals surface area (Å²) < 4.78 is 46.9. The van der Waals surface area contributed by atoms with Gasteiger partial charge in [-0.1, -0.05) is 18.2 Å². The lowest BCUT2D eigenvalue weighted by atomic mass is 10.1. The van der Waals surface area contributed by atoms with E-state index in [0.717, 1.165) is 6.07 Å². The Balaban J connectivity index is 1.76. The van der Waals surface area contributed by atoms with Crippen LogP contribution in [0.2, 0.25) is 0 Å². The van der Waals surface area contributed by atoms with Gasteiger partial charge < -0.3 is 14.9 Å². The Bertz CT molecular complexity index is 1400. The zero-order chi connectivity index (χ0) is 24.9. The lowest BCUT2D eigenvalue weighted by Gasteiger charge is -2.14. The Morgan fingerprint density at radius 1 is 1.06 bits per heavy atom. The molecule has 0 spiro atoms. The number of fused-ring (bicyclic) bond motifs is 1. The number of hydrogen-bond acceptors (Lipinski definition) is 6. The monoisotopic (exact) mass is 486 g/mol. The molecule has 0 aromatic heterocycles. The number of benzene rings is 3. The van der Waals surface area contributed by atoms with Gasteiger partial charge in [0.1, 0.15) is 24.2 Å². The SMILES string of the molecule is N#Cc1ccc(COc2ccc3cc(S(=O)(=O)N[C@H](CCC(=O)O)C(=O)O)ccc3c2)c(F)c1. The molecule has 0 saturated heterocycles. The standard InChI is InChI=1S/C23H19FN2O7S/c24-20-9-14(12-25)1-2-17(20)13-33-18-5-3-16-11-19(6-4-15(16)10-18)34(31,32)26-21(23(29)30)7-8-22(27)28/h1-6,9-11,21,26H,7-8,13H2,(H,27,28)(H,29,30)/t21-/m1/s1. The molecule has 0 heterocycles. The summed E-state index contributed by atoms with van der Waals surface area (Å²) in [6.07, 6.45) is -0.912. The van der Waals surface area contributed by atoms with Gasteiger partial charge in [-0.05, 0) is 53.6 Å². The molecule has 0 amide bonds. The van der Waals surface area contributed by atoms with Gasteiger partial charge in [0.15, 0.2) is 0 Å². The van der Waals surface area contributed by atoms with E-state index in [-0.39, 0.29) is 22.6 Å². The normalized spacial score (nSPS) is 12.1. The maximum atomic E-state index is 14.0. The van der Waals surface area contributed by atoms with E-state index in [1.165, 1.54) is 30.3 Å². The molecular weight excluding hydrogens is 467 g/mol. The summed E-state index contributed by atoms with van der Waals surface area (Å²) in [5.74, 6) is -2.88. The van der Waals surface area contributed by atoms with E-state index >= 15 is 0 Å².